The first-order chi connectivity index (χ1) is 5.66. The molecule has 0 saturated heterocycles. The van der Waals surface area contributed by atoms with E-state index in [1.165, 1.54) is 11.3 Å². The fraction of sp³-hybridized carbons (Fsp3) is 0.333. The molecule has 1 rings (SSSR count). The highest BCUT2D eigenvalue weighted by atomic mass is 32.1. The monoisotopic (exact) mass is 184 g/mol. The van der Waals surface area contributed by atoms with Crippen LogP contribution in [-0.4, -0.2) is 12.2 Å². The summed E-state index contributed by atoms with van der Waals surface area (Å²) in [6.07, 6.45) is -0.597. The molecule has 3 heteroatoms. The number of ether oxygens (including phenoxy) is 1. The van der Waals surface area contributed by atoms with Crippen LogP contribution in [0.4, 0.5) is 0 Å². The molecule has 1 heterocycles. The van der Waals surface area contributed by atoms with Crippen molar-refractivity contribution in [1.82, 2.24) is 0 Å². The van der Waals surface area contributed by atoms with Gasteiger partial charge in [0.25, 0.3) is 0 Å². The molecular formula is C9H12O2S. The molecule has 0 fully saturated rings. The first-order valence-electron chi connectivity index (χ1n) is 3.61. The SMILES string of the molecule is C=C(C)C(O)c1sccc1OC. The lowest BCUT2D eigenvalue weighted by Gasteiger charge is -2.09. The summed E-state index contributed by atoms with van der Waals surface area (Å²) < 4.78 is 5.07. The number of thiophene rings is 1. The Morgan fingerprint density at radius 2 is 2.42 bits per heavy atom. The summed E-state index contributed by atoms with van der Waals surface area (Å²) in [5.74, 6) is 0.732. The van der Waals surface area contributed by atoms with Crippen LogP contribution in [0.2, 0.25) is 0 Å². The molecule has 0 spiro atoms. The summed E-state index contributed by atoms with van der Waals surface area (Å²) in [5.41, 5.74) is 0.732. The summed E-state index contributed by atoms with van der Waals surface area (Å²) >= 11 is 1.47. The van der Waals surface area contributed by atoms with Gasteiger partial charge < -0.3 is 9.84 Å². The molecule has 0 aliphatic carbocycles. The first-order valence-corrected chi connectivity index (χ1v) is 4.49. The molecule has 1 unspecified atom stereocenters. The first kappa shape index (κ1) is 9.29. The molecule has 12 heavy (non-hydrogen) atoms. The van der Waals surface area contributed by atoms with Crippen LogP contribution in [0, 0.1) is 0 Å². The average Bonchev–Trinajstić information content (AvgIpc) is 2.49. The number of hydrogen-bond acceptors (Lipinski definition) is 3. The lowest BCUT2D eigenvalue weighted by molar-refractivity contribution is 0.215. The van der Waals surface area contributed by atoms with Gasteiger partial charge in [-0.1, -0.05) is 6.58 Å². The molecule has 1 aromatic rings. The Morgan fingerprint density at radius 1 is 1.75 bits per heavy atom. The Balaban J connectivity index is 2.93. The molecule has 0 aromatic carbocycles. The Labute approximate surface area is 76.1 Å². The molecule has 1 N–H and O–H groups in total. The Hall–Kier alpha value is -0.800. The lowest BCUT2D eigenvalue weighted by Crippen LogP contribution is -1.97. The third-order valence-corrected chi connectivity index (χ3v) is 2.54. The molecule has 1 aromatic heterocycles. The highest BCUT2D eigenvalue weighted by Crippen LogP contribution is 2.33. The molecule has 0 saturated carbocycles. The van der Waals surface area contributed by atoms with Crippen LogP contribution < -0.4 is 4.74 Å². The maximum atomic E-state index is 9.63. The van der Waals surface area contributed by atoms with E-state index in [-0.39, 0.29) is 0 Å². The van der Waals surface area contributed by atoms with Crippen LogP contribution in [-0.2, 0) is 0 Å². The van der Waals surface area contributed by atoms with Crippen molar-refractivity contribution < 1.29 is 9.84 Å². The lowest BCUT2D eigenvalue weighted by atomic mass is 10.1. The van der Waals surface area contributed by atoms with E-state index in [1.807, 2.05) is 11.4 Å². The molecule has 66 valence electrons. The minimum absolute atomic E-state index is 0.597. The molecular weight excluding hydrogens is 172 g/mol. The van der Waals surface area contributed by atoms with Crippen LogP contribution in [0.5, 0.6) is 5.75 Å². The fourth-order valence-electron chi connectivity index (χ4n) is 0.901. The van der Waals surface area contributed by atoms with Crippen LogP contribution in [0.25, 0.3) is 0 Å². The second kappa shape index (κ2) is 3.74. The second-order valence-corrected chi connectivity index (χ2v) is 3.55. The van der Waals surface area contributed by atoms with Crippen molar-refractivity contribution in [3.05, 3.63) is 28.5 Å². The number of hydrogen-bond donors (Lipinski definition) is 1. The largest absolute Gasteiger partial charge is 0.495 e. The summed E-state index contributed by atoms with van der Waals surface area (Å²) in [5, 5.41) is 11.5. The summed E-state index contributed by atoms with van der Waals surface area (Å²) in [7, 11) is 1.59. The van der Waals surface area contributed by atoms with Gasteiger partial charge in [-0.3, -0.25) is 0 Å². The molecule has 0 bridgehead atoms. The van der Waals surface area contributed by atoms with E-state index in [0.717, 1.165) is 16.2 Å². The van der Waals surface area contributed by atoms with Gasteiger partial charge in [-0.2, -0.15) is 0 Å². The number of aliphatic hydroxyl groups excluding tert-OH is 1. The van der Waals surface area contributed by atoms with E-state index in [2.05, 4.69) is 6.58 Å². The maximum Gasteiger partial charge on any atom is 0.135 e. The van der Waals surface area contributed by atoms with E-state index >= 15 is 0 Å². The second-order valence-electron chi connectivity index (χ2n) is 2.60. The van der Waals surface area contributed by atoms with Crippen LogP contribution >= 0.6 is 11.3 Å². The topological polar surface area (TPSA) is 29.5 Å². The average molecular weight is 184 g/mol. The van der Waals surface area contributed by atoms with Gasteiger partial charge in [0.15, 0.2) is 0 Å². The van der Waals surface area contributed by atoms with Gasteiger partial charge in [0.2, 0.25) is 0 Å². The minimum atomic E-state index is -0.597. The standard InChI is InChI=1S/C9H12O2S/c1-6(2)8(10)9-7(11-3)4-5-12-9/h4-5,8,10H,1H2,2-3H3. The Morgan fingerprint density at radius 3 is 2.92 bits per heavy atom. The van der Waals surface area contributed by atoms with Crippen molar-refractivity contribution in [2.45, 2.75) is 13.0 Å². The van der Waals surface area contributed by atoms with Crippen LogP contribution in [0.3, 0.4) is 0 Å². The highest BCUT2D eigenvalue weighted by molar-refractivity contribution is 7.10. The molecule has 1 atom stereocenters. The summed E-state index contributed by atoms with van der Waals surface area (Å²) in [6, 6.07) is 1.84. The zero-order chi connectivity index (χ0) is 9.14. The summed E-state index contributed by atoms with van der Waals surface area (Å²) in [4.78, 5) is 0.824. The van der Waals surface area contributed by atoms with Crippen molar-refractivity contribution >= 4 is 11.3 Å². The molecule has 0 amide bonds. The smallest absolute Gasteiger partial charge is 0.135 e. The van der Waals surface area contributed by atoms with Gasteiger partial charge in [0.1, 0.15) is 11.9 Å². The van der Waals surface area contributed by atoms with Gasteiger partial charge in [0.05, 0.1) is 12.0 Å². The van der Waals surface area contributed by atoms with Crippen LogP contribution in [0.15, 0.2) is 23.6 Å². The van der Waals surface area contributed by atoms with Crippen LogP contribution in [0.1, 0.15) is 17.9 Å². The number of rotatable bonds is 3. The van der Waals surface area contributed by atoms with Gasteiger partial charge in [-0.05, 0) is 23.9 Å². The van der Waals surface area contributed by atoms with E-state index < -0.39 is 6.10 Å². The molecule has 0 aliphatic rings. The van der Waals surface area contributed by atoms with Gasteiger partial charge in [0, 0.05) is 0 Å². The minimum Gasteiger partial charge on any atom is -0.495 e. The van der Waals surface area contributed by atoms with Gasteiger partial charge in [-0.15, -0.1) is 11.3 Å². The normalized spacial score (nSPS) is 12.6. The molecule has 0 aliphatic heterocycles. The fourth-order valence-corrected chi connectivity index (χ4v) is 1.84. The van der Waals surface area contributed by atoms with E-state index in [9.17, 15) is 5.11 Å². The zero-order valence-corrected chi connectivity index (χ0v) is 8.02. The van der Waals surface area contributed by atoms with Crippen molar-refractivity contribution in [3.8, 4) is 5.75 Å². The number of methoxy groups -OCH3 is 1. The van der Waals surface area contributed by atoms with E-state index in [0.29, 0.717) is 0 Å². The Bertz CT molecular complexity index is 278. The Kier molecular flexibility index (Phi) is 2.89. The zero-order valence-electron chi connectivity index (χ0n) is 7.20. The predicted molar refractivity (Wildman–Crippen MR) is 50.6 cm³/mol. The van der Waals surface area contributed by atoms with Crippen molar-refractivity contribution in [1.29, 1.82) is 0 Å². The van der Waals surface area contributed by atoms with Gasteiger partial charge >= 0.3 is 0 Å². The van der Waals surface area contributed by atoms with Gasteiger partial charge in [-0.25, -0.2) is 0 Å². The van der Waals surface area contributed by atoms with E-state index in [1.54, 1.807) is 14.0 Å². The van der Waals surface area contributed by atoms with Crippen molar-refractivity contribution in [3.63, 3.8) is 0 Å². The molecule has 2 nitrogen and oxygen atoms in total. The third-order valence-electron chi connectivity index (χ3n) is 1.59. The predicted octanol–water partition coefficient (Wildman–Crippen LogP) is 2.37. The quantitative estimate of drug-likeness (QED) is 0.731. The highest BCUT2D eigenvalue weighted by Gasteiger charge is 2.14. The number of aliphatic hydroxyl groups is 1. The van der Waals surface area contributed by atoms with Crippen molar-refractivity contribution in [2.24, 2.45) is 0 Å². The summed E-state index contributed by atoms with van der Waals surface area (Å²) in [6.45, 7) is 5.48. The molecule has 0 radical (unpaired) electrons. The van der Waals surface area contributed by atoms with Crippen molar-refractivity contribution in [2.75, 3.05) is 7.11 Å². The maximum absolute atomic E-state index is 9.63. The van der Waals surface area contributed by atoms with E-state index in [4.69, 9.17) is 4.74 Å². The third kappa shape index (κ3) is 1.68.